The van der Waals surface area contributed by atoms with Gasteiger partial charge in [-0.15, -0.1) is 10.2 Å². The molecule has 0 bridgehead atoms. The van der Waals surface area contributed by atoms with E-state index in [0.717, 1.165) is 41.8 Å². The van der Waals surface area contributed by atoms with Crippen molar-refractivity contribution in [1.82, 2.24) is 0 Å². The number of hydrogen-bond donors (Lipinski definition) is 1. The maximum absolute atomic E-state index is 8.49. The molecule has 0 spiro atoms. The van der Waals surface area contributed by atoms with E-state index in [9.17, 15) is 0 Å². The molecule has 58 heavy (non-hydrogen) atoms. The average molecular weight is 826 g/mol. The highest BCUT2D eigenvalue weighted by atomic mass is 35.7. The van der Waals surface area contributed by atoms with Crippen LogP contribution in [0.5, 0.6) is 5.75 Å². The summed E-state index contributed by atoms with van der Waals surface area (Å²) in [4.78, 5) is 0. The number of benzene rings is 2. The van der Waals surface area contributed by atoms with E-state index < -0.39 is 10.2 Å². The second-order valence-electron chi connectivity index (χ2n) is 16.3. The summed E-state index contributed by atoms with van der Waals surface area (Å²) in [6, 6.07) is 14.7. The minimum Gasteiger partial charge on any atom is -0.439 e. The Hall–Kier alpha value is -2.88. The number of para-hydroxylation sites is 3. The van der Waals surface area contributed by atoms with Crippen LogP contribution in [0.15, 0.2) is 64.9 Å². The minimum atomic E-state index is -4.94. The first-order valence-corrected chi connectivity index (χ1v) is 24.5. The van der Waals surface area contributed by atoms with Gasteiger partial charge in [0.1, 0.15) is 0 Å². The second kappa shape index (κ2) is 31.1. The van der Waals surface area contributed by atoms with E-state index in [1.807, 2.05) is 30.3 Å². The first kappa shape index (κ1) is 49.5. The molecule has 1 aliphatic heterocycles. The summed E-state index contributed by atoms with van der Waals surface area (Å²) < 4.78 is 49.0. The van der Waals surface area contributed by atoms with Crippen molar-refractivity contribution in [2.45, 2.75) is 207 Å². The molecule has 0 radical (unpaired) electrons. The quantitative estimate of drug-likeness (QED) is 0.0490. The first-order valence-electron chi connectivity index (χ1n) is 23.3. The van der Waals surface area contributed by atoms with Crippen molar-refractivity contribution in [3.63, 3.8) is 0 Å². The largest absolute Gasteiger partial charge is 0.439 e. The number of nitrogens with zero attached hydrogens (tertiary/aromatic N) is 1. The normalized spacial score (nSPS) is 13.2. The standard InChI is InChI=1S/C49H76N2O2.ClHO4/c1-3-5-7-9-11-13-15-17-19-21-23-25-27-29-35-43-36-33-39-46-49(43)51(42-32-28-26-24-22-20-18-16-14-12-10-8-6-4-2)48(53-46)41-34-40-47-50-44-37-30-31-38-45(44)52-47;2-1(3,4)5/h30-31,33-34,36-41H,3-29,32,35,42H2,1-2H3;(H,2,3,4,5). The van der Waals surface area contributed by atoms with Crippen LogP contribution in [0.25, 0.3) is 17.2 Å². The molecule has 0 fully saturated rings. The fraction of sp³-hybridized carbons (Fsp3) is 0.653. The van der Waals surface area contributed by atoms with Crippen LogP contribution < -0.4 is 33.3 Å². The Kier molecular flexibility index (Phi) is 26.5. The molecule has 0 saturated carbocycles. The molecule has 9 heteroatoms. The van der Waals surface area contributed by atoms with Gasteiger partial charge < -0.3 is 14.5 Å². The van der Waals surface area contributed by atoms with Crippen molar-refractivity contribution in [2.24, 2.45) is 0 Å². The second-order valence-corrected chi connectivity index (χ2v) is 17.0. The molecular formula is C49H77ClN2O6. The van der Waals surface area contributed by atoms with E-state index in [2.05, 4.69) is 54.1 Å². The summed E-state index contributed by atoms with van der Waals surface area (Å²) in [6.07, 6.45) is 46.2. The summed E-state index contributed by atoms with van der Waals surface area (Å²) in [6.45, 7) is 5.60. The molecule has 3 aromatic rings. The first-order chi connectivity index (χ1) is 28.3. The highest BCUT2D eigenvalue weighted by molar-refractivity contribution is 5.74. The summed E-state index contributed by atoms with van der Waals surface area (Å²) in [5, 5.41) is 3.36. The average Bonchev–Trinajstić information content (AvgIpc) is 3.78. The summed E-state index contributed by atoms with van der Waals surface area (Å²) in [5.41, 5.74) is 4.75. The van der Waals surface area contributed by atoms with Gasteiger partial charge in [0.15, 0.2) is 18.2 Å². The SMILES string of the molecule is CCCCCCCCCCCCCCCCc1cccc2oc(C=CC=C3Nc4ccccc4O3)[n+](CCCCCCCCCCCCCCCC)c12.[O-][Cl+3]([O-])([O-])[O-]. The van der Waals surface area contributed by atoms with Gasteiger partial charge in [0, 0.05) is 12.0 Å². The van der Waals surface area contributed by atoms with Crippen LogP contribution in [0.3, 0.4) is 0 Å². The number of fused-ring (bicyclic) bond motifs is 2. The van der Waals surface area contributed by atoms with Crippen LogP contribution >= 0.6 is 0 Å². The number of unbranched alkanes of at least 4 members (excludes halogenated alkanes) is 26. The topological polar surface area (TPSA) is 131 Å². The molecule has 326 valence electrons. The van der Waals surface area contributed by atoms with Crippen LogP contribution in [-0.2, 0) is 13.0 Å². The smallest absolute Gasteiger partial charge is 0.374 e. The molecule has 0 amide bonds. The molecule has 0 unspecified atom stereocenters. The Morgan fingerprint density at radius 3 is 1.53 bits per heavy atom. The van der Waals surface area contributed by atoms with E-state index in [1.54, 1.807) is 0 Å². The number of rotatable bonds is 32. The molecule has 2 aromatic carbocycles. The lowest BCUT2D eigenvalue weighted by molar-refractivity contribution is -2.00. The summed E-state index contributed by atoms with van der Waals surface area (Å²) in [7, 11) is -4.94. The Bertz CT molecular complexity index is 1510. The zero-order chi connectivity index (χ0) is 41.5. The van der Waals surface area contributed by atoms with Crippen LogP contribution in [0.4, 0.5) is 5.69 Å². The molecule has 0 saturated heterocycles. The Labute approximate surface area is 353 Å². The van der Waals surface area contributed by atoms with E-state index in [0.29, 0.717) is 0 Å². The van der Waals surface area contributed by atoms with Crippen LogP contribution in [-0.4, -0.2) is 0 Å². The van der Waals surface area contributed by atoms with Crippen molar-refractivity contribution >= 4 is 22.9 Å². The predicted octanol–water partition coefficient (Wildman–Crippen LogP) is 10.8. The monoisotopic (exact) mass is 825 g/mol. The predicted molar refractivity (Wildman–Crippen MR) is 229 cm³/mol. The van der Waals surface area contributed by atoms with Crippen LogP contribution in [0, 0.1) is 10.2 Å². The molecule has 1 aromatic heterocycles. The van der Waals surface area contributed by atoms with Gasteiger partial charge in [-0.3, -0.25) is 0 Å². The zero-order valence-corrected chi connectivity index (χ0v) is 37.0. The zero-order valence-electron chi connectivity index (χ0n) is 36.3. The highest BCUT2D eigenvalue weighted by Gasteiger charge is 2.23. The lowest BCUT2D eigenvalue weighted by Crippen LogP contribution is -2.68. The third kappa shape index (κ3) is 22.5. The van der Waals surface area contributed by atoms with Gasteiger partial charge in [0.2, 0.25) is 5.58 Å². The van der Waals surface area contributed by atoms with Gasteiger partial charge in [-0.2, -0.15) is 4.57 Å². The number of halogens is 1. The van der Waals surface area contributed by atoms with Gasteiger partial charge >= 0.3 is 5.89 Å². The van der Waals surface area contributed by atoms with E-state index >= 15 is 0 Å². The van der Waals surface area contributed by atoms with Gasteiger partial charge in [-0.05, 0) is 49.6 Å². The fourth-order valence-corrected chi connectivity index (χ4v) is 7.99. The molecule has 4 rings (SSSR count). The van der Waals surface area contributed by atoms with Crippen LogP contribution in [0.2, 0.25) is 0 Å². The minimum absolute atomic E-state index is 0.746. The Balaban J connectivity index is 0.00000169. The number of anilines is 1. The van der Waals surface area contributed by atoms with Crippen molar-refractivity contribution in [3.05, 3.63) is 72.0 Å². The van der Waals surface area contributed by atoms with Gasteiger partial charge in [-0.25, -0.2) is 18.6 Å². The molecule has 2 heterocycles. The van der Waals surface area contributed by atoms with E-state index in [-0.39, 0.29) is 0 Å². The molecular weight excluding hydrogens is 748 g/mol. The van der Waals surface area contributed by atoms with Crippen LogP contribution in [0.1, 0.15) is 205 Å². The number of hydrogen-bond acceptors (Lipinski definition) is 7. The van der Waals surface area contributed by atoms with E-state index in [1.165, 1.54) is 191 Å². The molecule has 0 aliphatic carbocycles. The number of oxazole rings is 1. The van der Waals surface area contributed by atoms with Crippen molar-refractivity contribution in [2.75, 3.05) is 5.32 Å². The Morgan fingerprint density at radius 1 is 0.569 bits per heavy atom. The lowest BCUT2D eigenvalue weighted by Gasteiger charge is -2.17. The third-order valence-corrected chi connectivity index (χ3v) is 11.2. The molecule has 1 N–H and O–H groups in total. The maximum Gasteiger partial charge on any atom is 0.374 e. The number of ether oxygens (including phenoxy) is 1. The van der Waals surface area contributed by atoms with Gasteiger partial charge in [-0.1, -0.05) is 199 Å². The molecule has 8 nitrogen and oxygen atoms in total. The van der Waals surface area contributed by atoms with Crippen molar-refractivity contribution < 1.29 is 42.6 Å². The number of aromatic nitrogens is 1. The van der Waals surface area contributed by atoms with Crippen molar-refractivity contribution in [1.29, 1.82) is 0 Å². The number of aryl methyl sites for hydroxylation is 2. The fourth-order valence-electron chi connectivity index (χ4n) is 7.99. The highest BCUT2D eigenvalue weighted by Crippen LogP contribution is 2.32. The summed E-state index contributed by atoms with van der Waals surface area (Å²) in [5.74, 6) is 2.54. The molecule has 0 atom stereocenters. The van der Waals surface area contributed by atoms with E-state index in [4.69, 9.17) is 27.8 Å². The summed E-state index contributed by atoms with van der Waals surface area (Å²) >= 11 is 0. The number of nitrogens with one attached hydrogen (secondary N) is 1. The maximum atomic E-state index is 8.49. The third-order valence-electron chi connectivity index (χ3n) is 11.2. The van der Waals surface area contributed by atoms with Gasteiger partial charge in [0.05, 0.1) is 11.8 Å². The van der Waals surface area contributed by atoms with Crippen molar-refractivity contribution in [3.8, 4) is 5.75 Å². The van der Waals surface area contributed by atoms with Gasteiger partial charge in [0.25, 0.3) is 5.52 Å². The lowest BCUT2D eigenvalue weighted by atomic mass is 10.0. The molecule has 1 aliphatic rings. The number of allylic oxidation sites excluding steroid dienone is 2. The Morgan fingerprint density at radius 2 is 1.03 bits per heavy atom.